The molecule has 0 aliphatic heterocycles. The maximum absolute atomic E-state index is 14.6. The van der Waals surface area contributed by atoms with Crippen LogP contribution in [0.3, 0.4) is 0 Å². The number of carbonyl (C=O) groups excluding carboxylic acids is 3. The number of benzene rings is 2. The van der Waals surface area contributed by atoms with Crippen molar-refractivity contribution >= 4 is 17.7 Å². The van der Waals surface area contributed by atoms with Gasteiger partial charge in [-0.2, -0.15) is 0 Å². The molecule has 8 heteroatoms. The molecule has 0 aromatic heterocycles. The first-order valence-corrected chi connectivity index (χ1v) is 11.6. The highest BCUT2D eigenvalue weighted by Gasteiger charge is 2.14. The molecule has 0 heterocycles. The average molecular weight is 511 g/mol. The number of halogens is 1. The summed E-state index contributed by atoms with van der Waals surface area (Å²) in [5, 5.41) is 0. The molecule has 0 aliphatic rings. The molecule has 0 bridgehead atoms. The molecule has 0 amide bonds. The molecule has 0 saturated carbocycles. The standard InChI is InChI=1S/C29H31FO7/c1-18(2)24(31)8-7-13-34-26-12-10-22(17-27(26)35-14-15-36-28(32)19(3)4)21-9-11-25(23(30)16-21)37-29(33)20(5)6/h9-12,16-17H,1,3,5,7-8,13-15H2,2,4,6H3. The van der Waals surface area contributed by atoms with Crippen LogP contribution >= 0.6 is 0 Å². The van der Waals surface area contributed by atoms with Crippen LogP contribution in [0.4, 0.5) is 4.39 Å². The molecule has 7 nitrogen and oxygen atoms in total. The van der Waals surface area contributed by atoms with Gasteiger partial charge >= 0.3 is 11.9 Å². The summed E-state index contributed by atoms with van der Waals surface area (Å²) in [7, 11) is 0. The number of allylic oxidation sites excluding steroid dienone is 1. The maximum Gasteiger partial charge on any atom is 0.338 e. The first kappa shape index (κ1) is 29.0. The molecule has 2 aromatic carbocycles. The molecular formula is C29H31FO7. The van der Waals surface area contributed by atoms with E-state index in [0.29, 0.717) is 41.0 Å². The summed E-state index contributed by atoms with van der Waals surface area (Å²) in [4.78, 5) is 35.1. The van der Waals surface area contributed by atoms with Crippen LogP contribution in [0.2, 0.25) is 0 Å². The van der Waals surface area contributed by atoms with Gasteiger partial charge in [0, 0.05) is 17.6 Å². The van der Waals surface area contributed by atoms with E-state index in [4.69, 9.17) is 18.9 Å². The number of hydrogen-bond acceptors (Lipinski definition) is 7. The first-order valence-electron chi connectivity index (χ1n) is 11.6. The van der Waals surface area contributed by atoms with E-state index < -0.39 is 17.8 Å². The second-order valence-electron chi connectivity index (χ2n) is 8.40. The minimum Gasteiger partial charge on any atom is -0.490 e. The minimum atomic E-state index is -0.721. The Hall–Kier alpha value is -4.20. The van der Waals surface area contributed by atoms with Crippen molar-refractivity contribution in [1.82, 2.24) is 0 Å². The lowest BCUT2D eigenvalue weighted by Gasteiger charge is -2.15. The fourth-order valence-corrected chi connectivity index (χ4v) is 2.91. The van der Waals surface area contributed by atoms with Crippen molar-refractivity contribution < 1.29 is 37.7 Å². The van der Waals surface area contributed by atoms with E-state index in [1.165, 1.54) is 19.1 Å². The van der Waals surface area contributed by atoms with Gasteiger partial charge in [-0.3, -0.25) is 4.79 Å². The molecule has 0 spiro atoms. The summed E-state index contributed by atoms with van der Waals surface area (Å²) in [5.41, 5.74) is 2.03. The number of ketones is 1. The monoisotopic (exact) mass is 510 g/mol. The van der Waals surface area contributed by atoms with Gasteiger partial charge in [-0.05, 0) is 68.2 Å². The van der Waals surface area contributed by atoms with Crippen LogP contribution < -0.4 is 14.2 Å². The number of ether oxygens (including phenoxy) is 4. The van der Waals surface area contributed by atoms with Gasteiger partial charge in [0.2, 0.25) is 0 Å². The second kappa shape index (κ2) is 13.8. The van der Waals surface area contributed by atoms with Crippen LogP contribution in [0.5, 0.6) is 17.2 Å². The molecule has 0 radical (unpaired) electrons. The quantitative estimate of drug-likeness (QED) is 0.138. The molecule has 37 heavy (non-hydrogen) atoms. The van der Waals surface area contributed by atoms with Crippen molar-refractivity contribution in [3.8, 4) is 28.4 Å². The third-order valence-electron chi connectivity index (χ3n) is 4.96. The van der Waals surface area contributed by atoms with Crippen LogP contribution in [0.1, 0.15) is 33.6 Å². The Morgan fingerprint density at radius 2 is 1.32 bits per heavy atom. The van der Waals surface area contributed by atoms with Gasteiger partial charge in [0.15, 0.2) is 28.8 Å². The smallest absolute Gasteiger partial charge is 0.338 e. The maximum atomic E-state index is 14.6. The molecule has 0 atom stereocenters. The van der Waals surface area contributed by atoms with Gasteiger partial charge in [0.25, 0.3) is 0 Å². The summed E-state index contributed by atoms with van der Waals surface area (Å²) in [5.74, 6) is -1.46. The summed E-state index contributed by atoms with van der Waals surface area (Å²) in [6.07, 6.45) is 0.792. The molecule has 0 fully saturated rings. The van der Waals surface area contributed by atoms with Gasteiger partial charge in [0.05, 0.1) is 6.61 Å². The fraction of sp³-hybridized carbons (Fsp3) is 0.276. The molecule has 0 saturated heterocycles. The number of Topliss-reactive ketones (excluding diaryl/α,β-unsaturated/α-hetero) is 1. The third-order valence-corrected chi connectivity index (χ3v) is 4.96. The van der Waals surface area contributed by atoms with Crippen LogP contribution in [0.25, 0.3) is 11.1 Å². The van der Waals surface area contributed by atoms with E-state index >= 15 is 0 Å². The molecule has 0 N–H and O–H groups in total. The second-order valence-corrected chi connectivity index (χ2v) is 8.40. The minimum absolute atomic E-state index is 0.0140. The fourth-order valence-electron chi connectivity index (χ4n) is 2.91. The highest BCUT2D eigenvalue weighted by Crippen LogP contribution is 2.34. The van der Waals surface area contributed by atoms with Crippen molar-refractivity contribution in [2.24, 2.45) is 0 Å². The van der Waals surface area contributed by atoms with E-state index in [-0.39, 0.29) is 42.5 Å². The van der Waals surface area contributed by atoms with Gasteiger partial charge in [-0.1, -0.05) is 31.9 Å². The zero-order valence-corrected chi connectivity index (χ0v) is 21.4. The highest BCUT2D eigenvalue weighted by molar-refractivity contribution is 5.94. The normalized spacial score (nSPS) is 10.3. The largest absolute Gasteiger partial charge is 0.490 e. The molecule has 196 valence electrons. The first-order chi connectivity index (χ1) is 17.5. The highest BCUT2D eigenvalue weighted by atomic mass is 19.1. The third kappa shape index (κ3) is 9.07. The summed E-state index contributed by atoms with van der Waals surface area (Å²) >= 11 is 0. The van der Waals surface area contributed by atoms with Gasteiger partial charge in [-0.25, -0.2) is 14.0 Å². The van der Waals surface area contributed by atoms with E-state index in [0.717, 1.165) is 0 Å². The van der Waals surface area contributed by atoms with Gasteiger partial charge < -0.3 is 18.9 Å². The number of carbonyl (C=O) groups is 3. The van der Waals surface area contributed by atoms with Crippen LogP contribution in [0.15, 0.2) is 72.9 Å². The summed E-state index contributed by atoms with van der Waals surface area (Å²) in [6.45, 7) is 15.6. The van der Waals surface area contributed by atoms with E-state index in [9.17, 15) is 18.8 Å². The lowest BCUT2D eigenvalue weighted by Crippen LogP contribution is -2.13. The van der Waals surface area contributed by atoms with Crippen molar-refractivity contribution in [3.05, 3.63) is 78.7 Å². The van der Waals surface area contributed by atoms with Crippen LogP contribution in [-0.4, -0.2) is 37.5 Å². The lowest BCUT2D eigenvalue weighted by atomic mass is 10.0. The van der Waals surface area contributed by atoms with Gasteiger partial charge in [0.1, 0.15) is 13.2 Å². The Balaban J connectivity index is 2.20. The Labute approximate surface area is 216 Å². The number of rotatable bonds is 14. The van der Waals surface area contributed by atoms with Crippen molar-refractivity contribution in [3.63, 3.8) is 0 Å². The number of esters is 2. The number of hydrogen-bond donors (Lipinski definition) is 0. The van der Waals surface area contributed by atoms with E-state index in [2.05, 4.69) is 19.7 Å². The topological polar surface area (TPSA) is 88.1 Å². The molecule has 2 aromatic rings. The van der Waals surface area contributed by atoms with Crippen LogP contribution in [0, 0.1) is 5.82 Å². The van der Waals surface area contributed by atoms with Crippen molar-refractivity contribution in [2.75, 3.05) is 19.8 Å². The Morgan fingerprint density at radius 1 is 0.730 bits per heavy atom. The van der Waals surface area contributed by atoms with E-state index in [1.54, 1.807) is 38.1 Å². The summed E-state index contributed by atoms with van der Waals surface area (Å²) in [6, 6.07) is 9.23. The Kier molecular flexibility index (Phi) is 10.8. The molecule has 0 aliphatic carbocycles. The van der Waals surface area contributed by atoms with Crippen LogP contribution in [-0.2, 0) is 19.1 Å². The van der Waals surface area contributed by atoms with Crippen molar-refractivity contribution in [1.29, 1.82) is 0 Å². The predicted molar refractivity (Wildman–Crippen MR) is 138 cm³/mol. The molecule has 2 rings (SSSR count). The van der Waals surface area contributed by atoms with Gasteiger partial charge in [-0.15, -0.1) is 0 Å². The van der Waals surface area contributed by atoms with Crippen molar-refractivity contribution in [2.45, 2.75) is 33.6 Å². The molecule has 0 unspecified atom stereocenters. The SMILES string of the molecule is C=C(C)C(=O)CCCOc1ccc(-c2ccc(OC(=O)C(=C)C)c(F)c2)cc1OCCOC(=O)C(=C)C. The average Bonchev–Trinajstić information content (AvgIpc) is 2.85. The zero-order chi connectivity index (χ0) is 27.5. The Morgan fingerprint density at radius 3 is 1.92 bits per heavy atom. The zero-order valence-electron chi connectivity index (χ0n) is 21.4. The van der Waals surface area contributed by atoms with E-state index in [1.807, 2.05) is 0 Å². The predicted octanol–water partition coefficient (Wildman–Crippen LogP) is 5.78. The molecular weight excluding hydrogens is 479 g/mol. The Bertz CT molecular complexity index is 1210. The lowest BCUT2D eigenvalue weighted by molar-refractivity contribution is -0.139. The summed E-state index contributed by atoms with van der Waals surface area (Å²) < 4.78 is 36.3.